The van der Waals surface area contributed by atoms with Crippen LogP contribution in [-0.2, 0) is 9.59 Å². The summed E-state index contributed by atoms with van der Waals surface area (Å²) in [6, 6.07) is 11.2. The van der Waals surface area contributed by atoms with E-state index in [1.165, 1.54) is 6.07 Å². The number of nitrogens with zero attached hydrogens (tertiary/aromatic N) is 2. The molecule has 1 heterocycles. The fourth-order valence-corrected chi connectivity index (χ4v) is 3.22. The molecule has 2 N–H and O–H groups in total. The van der Waals surface area contributed by atoms with Gasteiger partial charge in [-0.2, -0.15) is 5.10 Å². The molecule has 2 amide bonds. The van der Waals surface area contributed by atoms with Crippen molar-refractivity contribution >= 4 is 35.3 Å². The van der Waals surface area contributed by atoms with Crippen molar-refractivity contribution < 1.29 is 19.6 Å². The van der Waals surface area contributed by atoms with Crippen molar-refractivity contribution in [3.05, 3.63) is 68.7 Å². The number of benzene rings is 2. The van der Waals surface area contributed by atoms with Gasteiger partial charge in [-0.1, -0.05) is 41.9 Å². The summed E-state index contributed by atoms with van der Waals surface area (Å²) in [5.74, 6) is -3.30. The smallest absolute Gasteiger partial charge is 0.263 e. The molecule has 0 spiro atoms. The van der Waals surface area contributed by atoms with Gasteiger partial charge in [0.2, 0.25) is 5.91 Å². The maximum Gasteiger partial charge on any atom is 0.263 e. The second-order valence-electron chi connectivity index (χ2n) is 6.07. The summed E-state index contributed by atoms with van der Waals surface area (Å²) >= 11 is 5.77. The molecule has 0 bridgehead atoms. The first-order valence-electron chi connectivity index (χ1n) is 8.19. The Morgan fingerprint density at radius 3 is 2.71 bits per heavy atom. The van der Waals surface area contributed by atoms with E-state index >= 15 is 0 Å². The molecule has 2 atom stereocenters. The summed E-state index contributed by atoms with van der Waals surface area (Å²) in [6.45, 7) is 0.315. The number of nitrogens with one attached hydrogen (secondary N) is 2. The van der Waals surface area contributed by atoms with Crippen molar-refractivity contribution in [2.75, 3.05) is 6.54 Å². The summed E-state index contributed by atoms with van der Waals surface area (Å²) in [4.78, 5) is 34.6. The predicted octanol–water partition coefficient (Wildman–Crippen LogP) is 1.30. The molecule has 0 radical (unpaired) electrons. The fourth-order valence-electron chi connectivity index (χ4n) is 3.00. The largest absolute Gasteiger partial charge is 0.867 e. The van der Waals surface area contributed by atoms with Gasteiger partial charge in [-0.15, -0.1) is 0 Å². The number of carbonyl (C=O) groups excluding carboxylic acids is 2. The van der Waals surface area contributed by atoms with Gasteiger partial charge in [0.15, 0.2) is 0 Å². The molecule has 0 unspecified atom stereocenters. The second-order valence-corrected chi connectivity index (χ2v) is 6.51. The molecule has 1 saturated heterocycles. The molecule has 1 aliphatic rings. The van der Waals surface area contributed by atoms with Gasteiger partial charge < -0.3 is 10.4 Å². The minimum absolute atomic E-state index is 0.0154. The predicted molar refractivity (Wildman–Crippen MR) is 99.0 cm³/mol. The van der Waals surface area contributed by atoms with Gasteiger partial charge in [0.25, 0.3) is 11.6 Å². The minimum Gasteiger partial charge on any atom is -0.867 e. The number of carbonyl (C=O) groups is 2. The summed E-state index contributed by atoms with van der Waals surface area (Å²) in [5.41, 5.74) is 2.20. The first-order valence-corrected chi connectivity index (χ1v) is 8.57. The molecule has 9 nitrogen and oxygen atoms in total. The van der Waals surface area contributed by atoms with E-state index in [0.29, 0.717) is 6.54 Å². The SMILES string of the molecule is O=C1NC[C@H](c2ccccc2)[C@@H]1C(=O)NN=Cc1cc(Cl)cc([N+](=O)[O-])c1[O-]. The zero-order valence-corrected chi connectivity index (χ0v) is 15.1. The summed E-state index contributed by atoms with van der Waals surface area (Å²) < 4.78 is 0. The van der Waals surface area contributed by atoms with E-state index in [9.17, 15) is 24.8 Å². The van der Waals surface area contributed by atoms with Crippen LogP contribution in [0.25, 0.3) is 0 Å². The van der Waals surface area contributed by atoms with Gasteiger partial charge in [0.05, 0.1) is 11.1 Å². The number of hydrazone groups is 1. The van der Waals surface area contributed by atoms with E-state index in [1.54, 1.807) is 0 Å². The number of nitro benzene ring substituents is 1. The standard InChI is InChI=1S/C18H15ClN4O5/c19-12-6-11(16(24)14(7-12)23(27)28)8-21-22-18(26)15-13(9-20-17(15)25)10-4-2-1-3-5-10/h1-8,13,15,24H,9H2,(H,20,25)(H,22,26)/p-1/t13-,15+/m1/s1. The van der Waals surface area contributed by atoms with Crippen LogP contribution in [0.2, 0.25) is 5.02 Å². The Morgan fingerprint density at radius 1 is 1.32 bits per heavy atom. The van der Waals surface area contributed by atoms with Crippen LogP contribution >= 0.6 is 11.6 Å². The van der Waals surface area contributed by atoms with Gasteiger partial charge >= 0.3 is 0 Å². The highest BCUT2D eigenvalue weighted by molar-refractivity contribution is 6.31. The highest BCUT2D eigenvalue weighted by atomic mass is 35.5. The molecule has 0 aliphatic carbocycles. The Labute approximate surface area is 164 Å². The Kier molecular flexibility index (Phi) is 5.55. The highest BCUT2D eigenvalue weighted by Crippen LogP contribution is 2.30. The van der Waals surface area contributed by atoms with Crippen LogP contribution in [0.3, 0.4) is 0 Å². The Hall–Kier alpha value is -3.46. The number of amides is 2. The van der Waals surface area contributed by atoms with Crippen LogP contribution in [-0.4, -0.2) is 29.5 Å². The van der Waals surface area contributed by atoms with Crippen LogP contribution in [0.15, 0.2) is 47.6 Å². The summed E-state index contributed by atoms with van der Waals surface area (Å²) in [5, 5.41) is 29.2. The van der Waals surface area contributed by atoms with Gasteiger partial charge in [0, 0.05) is 23.6 Å². The molecule has 0 saturated carbocycles. The van der Waals surface area contributed by atoms with Gasteiger partial charge in [0.1, 0.15) is 5.92 Å². The Morgan fingerprint density at radius 2 is 2.04 bits per heavy atom. The zero-order chi connectivity index (χ0) is 20.3. The molecule has 1 fully saturated rings. The van der Waals surface area contributed by atoms with Crippen molar-refractivity contribution in [1.82, 2.24) is 10.7 Å². The third-order valence-electron chi connectivity index (χ3n) is 4.33. The first kappa shape index (κ1) is 19.3. The molecule has 144 valence electrons. The number of halogens is 1. The second kappa shape index (κ2) is 8.05. The lowest BCUT2D eigenvalue weighted by molar-refractivity contribution is -0.398. The molecule has 10 heteroatoms. The monoisotopic (exact) mass is 401 g/mol. The maximum absolute atomic E-state index is 12.5. The third kappa shape index (κ3) is 3.94. The van der Waals surface area contributed by atoms with Crippen LogP contribution in [0.4, 0.5) is 5.69 Å². The minimum atomic E-state index is -0.986. The zero-order valence-electron chi connectivity index (χ0n) is 14.3. The van der Waals surface area contributed by atoms with E-state index in [-0.39, 0.29) is 16.5 Å². The normalized spacial score (nSPS) is 18.8. The Balaban J connectivity index is 1.76. The van der Waals surface area contributed by atoms with E-state index in [1.807, 2.05) is 30.3 Å². The van der Waals surface area contributed by atoms with E-state index in [0.717, 1.165) is 17.8 Å². The molecule has 2 aromatic carbocycles. The number of hydrogen-bond acceptors (Lipinski definition) is 6. The van der Waals surface area contributed by atoms with Gasteiger partial charge in [-0.25, -0.2) is 5.43 Å². The average molecular weight is 402 g/mol. The van der Waals surface area contributed by atoms with Crippen LogP contribution in [0.5, 0.6) is 5.75 Å². The number of hydrogen-bond donors (Lipinski definition) is 2. The average Bonchev–Trinajstić information content (AvgIpc) is 3.06. The lowest BCUT2D eigenvalue weighted by Gasteiger charge is -2.15. The van der Waals surface area contributed by atoms with Crippen LogP contribution in [0, 0.1) is 16.0 Å². The quantitative estimate of drug-likeness (QED) is 0.336. The van der Waals surface area contributed by atoms with Crippen molar-refractivity contribution in [3.8, 4) is 5.75 Å². The lowest BCUT2D eigenvalue weighted by atomic mass is 9.88. The van der Waals surface area contributed by atoms with E-state index < -0.39 is 34.1 Å². The molecule has 3 rings (SSSR count). The maximum atomic E-state index is 12.5. The summed E-state index contributed by atoms with van der Waals surface area (Å²) in [6.07, 6.45) is 0.962. The molecule has 0 aromatic heterocycles. The Bertz CT molecular complexity index is 964. The fraction of sp³-hybridized carbons (Fsp3) is 0.167. The molecular weight excluding hydrogens is 388 g/mol. The summed E-state index contributed by atoms with van der Waals surface area (Å²) in [7, 11) is 0. The van der Waals surface area contributed by atoms with Crippen molar-refractivity contribution in [3.63, 3.8) is 0 Å². The highest BCUT2D eigenvalue weighted by Gasteiger charge is 2.40. The van der Waals surface area contributed by atoms with E-state index in [4.69, 9.17) is 11.6 Å². The van der Waals surface area contributed by atoms with Crippen molar-refractivity contribution in [2.45, 2.75) is 5.92 Å². The molecule has 1 aliphatic heterocycles. The van der Waals surface area contributed by atoms with Crippen molar-refractivity contribution in [2.24, 2.45) is 11.0 Å². The lowest BCUT2D eigenvalue weighted by Crippen LogP contribution is -2.34. The van der Waals surface area contributed by atoms with E-state index in [2.05, 4.69) is 15.8 Å². The van der Waals surface area contributed by atoms with Gasteiger partial charge in [-0.05, 0) is 22.9 Å². The molecular formula is C18H14ClN4O5-. The van der Waals surface area contributed by atoms with Crippen LogP contribution in [0.1, 0.15) is 17.0 Å². The van der Waals surface area contributed by atoms with Gasteiger partial charge in [-0.3, -0.25) is 19.7 Å². The first-order chi connectivity index (χ1) is 13.4. The number of rotatable bonds is 5. The number of nitro groups is 1. The van der Waals surface area contributed by atoms with Crippen molar-refractivity contribution in [1.29, 1.82) is 0 Å². The molecule has 28 heavy (non-hydrogen) atoms. The third-order valence-corrected chi connectivity index (χ3v) is 4.55. The topological polar surface area (TPSA) is 137 Å². The molecule has 2 aromatic rings. The van der Waals surface area contributed by atoms with Crippen LogP contribution < -0.4 is 15.8 Å².